The molecule has 3 aromatic rings. The Kier molecular flexibility index (Phi) is 2.70. The van der Waals surface area contributed by atoms with Gasteiger partial charge in [-0.25, -0.2) is 4.98 Å². The lowest BCUT2D eigenvalue weighted by atomic mass is 10.1. The number of hydrogen-bond donors (Lipinski definition) is 0. The Labute approximate surface area is 121 Å². The number of nitrogens with zero attached hydrogens (tertiary/aromatic N) is 4. The summed E-state index contributed by atoms with van der Waals surface area (Å²) in [5, 5.41) is 4.90. The molecule has 1 fully saturated rings. The van der Waals surface area contributed by atoms with E-state index < -0.39 is 0 Å². The number of aromatic nitrogens is 4. The molecule has 0 spiro atoms. The summed E-state index contributed by atoms with van der Waals surface area (Å²) in [6, 6.07) is 5.64. The van der Waals surface area contributed by atoms with E-state index in [4.69, 9.17) is 11.6 Å². The van der Waals surface area contributed by atoms with Gasteiger partial charge in [0.25, 0.3) is 0 Å². The van der Waals surface area contributed by atoms with Crippen LogP contribution < -0.4 is 0 Å². The molecule has 1 saturated carbocycles. The van der Waals surface area contributed by atoms with Crippen molar-refractivity contribution in [1.82, 2.24) is 19.7 Å². The average Bonchev–Trinajstić information content (AvgIpc) is 3.13. The fourth-order valence-corrected chi connectivity index (χ4v) is 2.47. The number of rotatable bonds is 3. The molecule has 4 nitrogen and oxygen atoms in total. The molecule has 20 heavy (non-hydrogen) atoms. The molecule has 3 aromatic heterocycles. The molecule has 3 heterocycles. The minimum atomic E-state index is 0.487. The van der Waals surface area contributed by atoms with Gasteiger partial charge in [0.15, 0.2) is 0 Å². The fraction of sp³-hybridized carbons (Fsp3) is 0.267. The number of hydrogen-bond acceptors (Lipinski definition) is 3. The highest BCUT2D eigenvalue weighted by atomic mass is 35.5. The molecule has 0 aliphatic heterocycles. The van der Waals surface area contributed by atoms with E-state index in [9.17, 15) is 0 Å². The minimum absolute atomic E-state index is 0.487. The van der Waals surface area contributed by atoms with Crippen LogP contribution in [0.25, 0.3) is 22.2 Å². The summed E-state index contributed by atoms with van der Waals surface area (Å²) in [6.07, 6.45) is 8.47. The van der Waals surface area contributed by atoms with Crippen LogP contribution in [0.2, 0.25) is 5.15 Å². The maximum atomic E-state index is 5.93. The monoisotopic (exact) mass is 284 g/mol. The Morgan fingerprint density at radius 1 is 1.15 bits per heavy atom. The van der Waals surface area contributed by atoms with E-state index in [-0.39, 0.29) is 0 Å². The van der Waals surface area contributed by atoms with Gasteiger partial charge in [-0.3, -0.25) is 9.67 Å². The maximum Gasteiger partial charge on any atom is 0.129 e. The molecule has 0 aromatic carbocycles. The topological polar surface area (TPSA) is 43.6 Å². The molecule has 100 valence electrons. The van der Waals surface area contributed by atoms with Crippen LogP contribution in [0.3, 0.4) is 0 Å². The van der Waals surface area contributed by atoms with E-state index in [2.05, 4.69) is 21.3 Å². The van der Waals surface area contributed by atoms with Crippen LogP contribution in [0.4, 0.5) is 0 Å². The standard InChI is InChI=1S/C15H13ClN4/c16-15-4-3-13-14(19-15)5-11(6-17-13)12-7-18-20(9-12)8-10-1-2-10/h3-7,9-10H,1-2,8H2. The Balaban J connectivity index is 1.71. The first kappa shape index (κ1) is 11.9. The van der Waals surface area contributed by atoms with E-state index in [1.807, 2.05) is 29.2 Å². The number of halogens is 1. The SMILES string of the molecule is Clc1ccc2ncc(-c3cnn(CC4CC4)c3)cc2n1. The lowest BCUT2D eigenvalue weighted by molar-refractivity contribution is 0.563. The molecule has 0 bridgehead atoms. The lowest BCUT2D eigenvalue weighted by Crippen LogP contribution is -1.98. The van der Waals surface area contributed by atoms with Crippen molar-refractivity contribution < 1.29 is 0 Å². The van der Waals surface area contributed by atoms with Gasteiger partial charge in [0, 0.05) is 30.1 Å². The van der Waals surface area contributed by atoms with E-state index in [0.717, 1.165) is 34.6 Å². The van der Waals surface area contributed by atoms with Crippen LogP contribution in [0, 0.1) is 5.92 Å². The molecule has 4 rings (SSSR count). The molecule has 0 atom stereocenters. The Bertz CT molecular complexity index is 776. The van der Waals surface area contributed by atoms with Gasteiger partial charge in [0.05, 0.1) is 17.2 Å². The van der Waals surface area contributed by atoms with Crippen molar-refractivity contribution in [3.8, 4) is 11.1 Å². The van der Waals surface area contributed by atoms with Crippen molar-refractivity contribution in [2.75, 3.05) is 0 Å². The molecular weight excluding hydrogens is 272 g/mol. The molecule has 1 aliphatic carbocycles. The molecule has 1 aliphatic rings. The highest BCUT2D eigenvalue weighted by molar-refractivity contribution is 6.29. The predicted molar refractivity (Wildman–Crippen MR) is 78.5 cm³/mol. The van der Waals surface area contributed by atoms with Gasteiger partial charge in [-0.2, -0.15) is 5.10 Å². The Morgan fingerprint density at radius 2 is 2.05 bits per heavy atom. The highest BCUT2D eigenvalue weighted by Gasteiger charge is 2.22. The van der Waals surface area contributed by atoms with Crippen molar-refractivity contribution >= 4 is 22.6 Å². The quantitative estimate of drug-likeness (QED) is 0.691. The van der Waals surface area contributed by atoms with Crippen LogP contribution in [-0.2, 0) is 6.54 Å². The molecule has 5 heteroatoms. The van der Waals surface area contributed by atoms with E-state index in [1.54, 1.807) is 6.07 Å². The zero-order valence-corrected chi connectivity index (χ0v) is 11.6. The van der Waals surface area contributed by atoms with Crippen LogP contribution in [0.15, 0.2) is 36.8 Å². The first-order valence-corrected chi connectivity index (χ1v) is 7.11. The first-order chi connectivity index (χ1) is 9.78. The van der Waals surface area contributed by atoms with Crippen LogP contribution in [0.5, 0.6) is 0 Å². The van der Waals surface area contributed by atoms with E-state index in [1.165, 1.54) is 12.8 Å². The van der Waals surface area contributed by atoms with E-state index >= 15 is 0 Å². The largest absolute Gasteiger partial charge is 0.272 e. The van der Waals surface area contributed by atoms with Crippen LogP contribution in [0.1, 0.15) is 12.8 Å². The van der Waals surface area contributed by atoms with Gasteiger partial charge in [0.2, 0.25) is 0 Å². The number of fused-ring (bicyclic) bond motifs is 1. The molecular formula is C15H13ClN4. The van der Waals surface area contributed by atoms with Crippen molar-refractivity contribution in [3.05, 3.63) is 41.9 Å². The summed E-state index contributed by atoms with van der Waals surface area (Å²) in [7, 11) is 0. The summed E-state index contributed by atoms with van der Waals surface area (Å²) in [5.74, 6) is 0.818. The average molecular weight is 285 g/mol. The smallest absolute Gasteiger partial charge is 0.129 e. The summed E-state index contributed by atoms with van der Waals surface area (Å²) in [4.78, 5) is 8.73. The second-order valence-electron chi connectivity index (χ2n) is 5.29. The lowest BCUT2D eigenvalue weighted by Gasteiger charge is -2.01. The second-order valence-corrected chi connectivity index (χ2v) is 5.68. The summed E-state index contributed by atoms with van der Waals surface area (Å²) in [6.45, 7) is 1.02. The summed E-state index contributed by atoms with van der Waals surface area (Å²) in [5.41, 5.74) is 3.75. The first-order valence-electron chi connectivity index (χ1n) is 6.73. The minimum Gasteiger partial charge on any atom is -0.272 e. The molecule has 0 amide bonds. The van der Waals surface area contributed by atoms with Gasteiger partial charge < -0.3 is 0 Å². The third-order valence-corrected chi connectivity index (χ3v) is 3.82. The third-order valence-electron chi connectivity index (χ3n) is 3.61. The van der Waals surface area contributed by atoms with Crippen molar-refractivity contribution in [2.45, 2.75) is 19.4 Å². The molecule has 0 saturated heterocycles. The second kappa shape index (κ2) is 4.56. The van der Waals surface area contributed by atoms with Crippen molar-refractivity contribution in [2.24, 2.45) is 5.92 Å². The number of pyridine rings is 2. The Hall–Kier alpha value is -1.94. The normalized spacial score (nSPS) is 14.8. The van der Waals surface area contributed by atoms with Gasteiger partial charge in [-0.1, -0.05) is 11.6 Å². The zero-order chi connectivity index (χ0) is 13.5. The molecule has 0 N–H and O–H groups in total. The highest BCUT2D eigenvalue weighted by Crippen LogP contribution is 2.31. The molecule has 0 radical (unpaired) electrons. The molecule has 0 unspecified atom stereocenters. The fourth-order valence-electron chi connectivity index (χ4n) is 2.32. The van der Waals surface area contributed by atoms with Crippen LogP contribution >= 0.6 is 11.6 Å². The summed E-state index contributed by atoms with van der Waals surface area (Å²) < 4.78 is 2.02. The Morgan fingerprint density at radius 3 is 2.90 bits per heavy atom. The van der Waals surface area contributed by atoms with Gasteiger partial charge in [0.1, 0.15) is 5.15 Å². The predicted octanol–water partition coefficient (Wildman–Crippen LogP) is 3.56. The van der Waals surface area contributed by atoms with Crippen molar-refractivity contribution in [1.29, 1.82) is 0 Å². The van der Waals surface area contributed by atoms with Gasteiger partial charge in [-0.05, 0) is 37.0 Å². The third kappa shape index (κ3) is 2.27. The maximum absolute atomic E-state index is 5.93. The van der Waals surface area contributed by atoms with Crippen molar-refractivity contribution in [3.63, 3.8) is 0 Å². The zero-order valence-electron chi connectivity index (χ0n) is 10.8. The summed E-state index contributed by atoms with van der Waals surface area (Å²) >= 11 is 5.93. The van der Waals surface area contributed by atoms with Gasteiger partial charge >= 0.3 is 0 Å². The van der Waals surface area contributed by atoms with Crippen LogP contribution in [-0.4, -0.2) is 19.7 Å². The van der Waals surface area contributed by atoms with Gasteiger partial charge in [-0.15, -0.1) is 0 Å². The van der Waals surface area contributed by atoms with E-state index in [0.29, 0.717) is 5.15 Å².